The predicted molar refractivity (Wildman–Crippen MR) is 67.2 cm³/mol. The topological polar surface area (TPSA) is 108 Å². The number of nitrogens with one attached hydrogen (secondary N) is 1. The highest BCUT2D eigenvalue weighted by Gasteiger charge is 2.07. The van der Waals surface area contributed by atoms with Gasteiger partial charge in [0.05, 0.1) is 10.6 Å². The summed E-state index contributed by atoms with van der Waals surface area (Å²) in [4.78, 5) is 4.05. The second kappa shape index (κ2) is 5.67. The number of thioether (sulfide) groups is 1. The Kier molecular flexibility index (Phi) is 4.51. The molecule has 1 rings (SSSR count). The van der Waals surface area contributed by atoms with Crippen molar-refractivity contribution in [1.82, 2.24) is 5.32 Å². The molecule has 1 aromatic carbocycles. The summed E-state index contributed by atoms with van der Waals surface area (Å²) in [6.07, 6.45) is 3.48. The van der Waals surface area contributed by atoms with Crippen LogP contribution >= 0.6 is 11.8 Å². The van der Waals surface area contributed by atoms with Gasteiger partial charge in [0.15, 0.2) is 11.4 Å². The summed E-state index contributed by atoms with van der Waals surface area (Å²) in [5, 5.41) is 16.2. The first-order valence-corrected chi connectivity index (χ1v) is 7.15. The zero-order valence-corrected chi connectivity index (χ0v) is 10.5. The normalized spacial score (nSPS) is 11.9. The standard InChI is InChI=1S/C9H10N4O2S2/c1-16-9(12-6-10)13-7-3-2-4-8(5-7)17(11,14)15/h2-5H,1H3,(H,12,13)(H2,11,14,15). The summed E-state index contributed by atoms with van der Waals surface area (Å²) in [6.45, 7) is 0. The molecule has 90 valence electrons. The molecule has 0 aromatic heterocycles. The number of aliphatic imine (C=N–C) groups is 1. The van der Waals surface area contributed by atoms with Crippen molar-refractivity contribution >= 4 is 32.6 Å². The molecular formula is C9H10N4O2S2. The van der Waals surface area contributed by atoms with Crippen molar-refractivity contribution in [3.8, 4) is 6.19 Å². The van der Waals surface area contributed by atoms with E-state index in [1.54, 1.807) is 18.5 Å². The molecule has 17 heavy (non-hydrogen) atoms. The van der Waals surface area contributed by atoms with E-state index in [1.165, 1.54) is 30.0 Å². The Bertz CT molecular complexity index is 575. The average molecular weight is 270 g/mol. The van der Waals surface area contributed by atoms with Crippen molar-refractivity contribution in [2.75, 3.05) is 6.26 Å². The number of hydrogen-bond acceptors (Lipinski definition) is 5. The molecule has 0 atom stereocenters. The van der Waals surface area contributed by atoms with E-state index in [0.29, 0.717) is 10.9 Å². The molecule has 0 aliphatic carbocycles. The van der Waals surface area contributed by atoms with Gasteiger partial charge in [-0.05, 0) is 24.5 Å². The number of primary sulfonamides is 1. The van der Waals surface area contributed by atoms with Crippen LogP contribution in [-0.4, -0.2) is 19.8 Å². The molecule has 1 aromatic rings. The Morgan fingerprint density at radius 1 is 1.59 bits per heavy atom. The third-order valence-electron chi connectivity index (χ3n) is 1.73. The molecule has 0 bridgehead atoms. The largest absolute Gasteiger partial charge is 0.271 e. The van der Waals surface area contributed by atoms with Gasteiger partial charge in [0.2, 0.25) is 10.0 Å². The van der Waals surface area contributed by atoms with E-state index >= 15 is 0 Å². The molecule has 0 unspecified atom stereocenters. The van der Waals surface area contributed by atoms with Crippen LogP contribution in [0.1, 0.15) is 0 Å². The van der Waals surface area contributed by atoms with E-state index in [0.717, 1.165) is 0 Å². The molecule has 0 aliphatic heterocycles. The Morgan fingerprint density at radius 3 is 2.82 bits per heavy atom. The molecule has 0 radical (unpaired) electrons. The molecular weight excluding hydrogens is 260 g/mol. The zero-order valence-electron chi connectivity index (χ0n) is 8.91. The number of nitriles is 1. The van der Waals surface area contributed by atoms with Crippen molar-refractivity contribution in [3.05, 3.63) is 24.3 Å². The van der Waals surface area contributed by atoms with Crippen molar-refractivity contribution in [2.24, 2.45) is 10.1 Å². The number of nitrogens with two attached hydrogens (primary N) is 1. The monoisotopic (exact) mass is 270 g/mol. The maximum Gasteiger partial charge on any atom is 0.238 e. The van der Waals surface area contributed by atoms with Gasteiger partial charge in [-0.15, -0.1) is 0 Å². The van der Waals surface area contributed by atoms with Gasteiger partial charge in [-0.2, -0.15) is 5.26 Å². The molecule has 0 heterocycles. The van der Waals surface area contributed by atoms with Gasteiger partial charge in [0, 0.05) is 0 Å². The summed E-state index contributed by atoms with van der Waals surface area (Å²) in [5.74, 6) is 0. The molecule has 0 aliphatic rings. The van der Waals surface area contributed by atoms with Crippen LogP contribution in [0.5, 0.6) is 0 Å². The van der Waals surface area contributed by atoms with E-state index < -0.39 is 10.0 Å². The first kappa shape index (κ1) is 13.5. The van der Waals surface area contributed by atoms with Gasteiger partial charge in [0.25, 0.3) is 0 Å². The molecule has 6 nitrogen and oxygen atoms in total. The first-order valence-electron chi connectivity index (χ1n) is 4.38. The molecule has 3 N–H and O–H groups in total. The fourth-order valence-electron chi connectivity index (χ4n) is 1.02. The lowest BCUT2D eigenvalue weighted by atomic mass is 10.3. The SMILES string of the molecule is CSC(=Nc1cccc(S(N)(=O)=O)c1)NC#N. The lowest BCUT2D eigenvalue weighted by Gasteiger charge is -2.01. The average Bonchev–Trinajstić information content (AvgIpc) is 2.28. The molecule has 0 saturated carbocycles. The van der Waals surface area contributed by atoms with E-state index in [9.17, 15) is 8.42 Å². The minimum atomic E-state index is -3.74. The summed E-state index contributed by atoms with van der Waals surface area (Å²) >= 11 is 1.24. The van der Waals surface area contributed by atoms with E-state index in [2.05, 4.69) is 10.3 Å². The van der Waals surface area contributed by atoms with Gasteiger partial charge in [0.1, 0.15) is 0 Å². The Morgan fingerprint density at radius 2 is 2.29 bits per heavy atom. The van der Waals surface area contributed by atoms with E-state index in [1.807, 2.05) is 0 Å². The highest BCUT2D eigenvalue weighted by atomic mass is 32.2. The van der Waals surface area contributed by atoms with Crippen molar-refractivity contribution < 1.29 is 8.42 Å². The smallest absolute Gasteiger partial charge is 0.238 e. The van der Waals surface area contributed by atoms with E-state index in [-0.39, 0.29) is 4.90 Å². The van der Waals surface area contributed by atoms with Gasteiger partial charge in [-0.3, -0.25) is 5.32 Å². The van der Waals surface area contributed by atoms with Crippen LogP contribution in [0.2, 0.25) is 0 Å². The second-order valence-electron chi connectivity index (χ2n) is 2.90. The third kappa shape index (κ3) is 4.07. The minimum Gasteiger partial charge on any atom is -0.271 e. The molecule has 8 heteroatoms. The van der Waals surface area contributed by atoms with Crippen LogP contribution in [0.25, 0.3) is 0 Å². The number of nitrogens with zero attached hydrogens (tertiary/aromatic N) is 2. The van der Waals surface area contributed by atoms with Gasteiger partial charge in [-0.25, -0.2) is 18.5 Å². The van der Waals surface area contributed by atoms with Crippen molar-refractivity contribution in [2.45, 2.75) is 4.90 Å². The number of sulfonamides is 1. The lowest BCUT2D eigenvalue weighted by Crippen LogP contribution is -2.13. The van der Waals surface area contributed by atoms with Crippen molar-refractivity contribution in [1.29, 1.82) is 5.26 Å². The Hall–Kier alpha value is -1.56. The Balaban J connectivity index is 3.13. The van der Waals surface area contributed by atoms with Gasteiger partial charge >= 0.3 is 0 Å². The predicted octanol–water partition coefficient (Wildman–Crippen LogP) is 0.755. The molecule has 0 spiro atoms. The van der Waals surface area contributed by atoms with Crippen LogP contribution in [-0.2, 0) is 10.0 Å². The van der Waals surface area contributed by atoms with Crippen LogP contribution in [0, 0.1) is 11.5 Å². The van der Waals surface area contributed by atoms with Gasteiger partial charge in [-0.1, -0.05) is 17.8 Å². The third-order valence-corrected chi connectivity index (χ3v) is 3.22. The highest BCUT2D eigenvalue weighted by molar-refractivity contribution is 8.13. The van der Waals surface area contributed by atoms with Crippen molar-refractivity contribution in [3.63, 3.8) is 0 Å². The van der Waals surface area contributed by atoms with Crippen LogP contribution in [0.3, 0.4) is 0 Å². The zero-order chi connectivity index (χ0) is 12.9. The lowest BCUT2D eigenvalue weighted by molar-refractivity contribution is 0.598. The fraction of sp³-hybridized carbons (Fsp3) is 0.111. The maximum absolute atomic E-state index is 11.1. The van der Waals surface area contributed by atoms with Crippen LogP contribution < -0.4 is 10.5 Å². The molecule has 0 saturated heterocycles. The number of hydrogen-bond donors (Lipinski definition) is 2. The molecule has 0 amide bonds. The quantitative estimate of drug-likeness (QED) is 0.357. The maximum atomic E-state index is 11.1. The second-order valence-corrected chi connectivity index (χ2v) is 5.26. The Labute approximate surface area is 104 Å². The molecule has 0 fully saturated rings. The van der Waals surface area contributed by atoms with Crippen LogP contribution in [0.4, 0.5) is 5.69 Å². The highest BCUT2D eigenvalue weighted by Crippen LogP contribution is 2.18. The fourth-order valence-corrected chi connectivity index (χ4v) is 1.92. The summed E-state index contributed by atoms with van der Waals surface area (Å²) in [6, 6.07) is 5.86. The summed E-state index contributed by atoms with van der Waals surface area (Å²) in [5.41, 5.74) is 0.406. The number of rotatable bonds is 2. The number of benzene rings is 1. The van der Waals surface area contributed by atoms with Crippen LogP contribution in [0.15, 0.2) is 34.2 Å². The first-order chi connectivity index (χ1) is 7.97. The van der Waals surface area contributed by atoms with E-state index in [4.69, 9.17) is 10.4 Å². The van der Waals surface area contributed by atoms with Gasteiger partial charge < -0.3 is 0 Å². The minimum absolute atomic E-state index is 0.0174. The number of amidine groups is 1. The summed E-state index contributed by atoms with van der Waals surface area (Å²) in [7, 11) is -3.74. The summed E-state index contributed by atoms with van der Waals surface area (Å²) < 4.78 is 22.2.